The number of halogens is 2. The van der Waals surface area contributed by atoms with Gasteiger partial charge in [-0.3, -0.25) is 0 Å². The van der Waals surface area contributed by atoms with E-state index in [0.29, 0.717) is 6.04 Å². The largest absolute Gasteiger partial charge is 0.457 e. The summed E-state index contributed by atoms with van der Waals surface area (Å²) in [5.74, 6) is 0. The van der Waals surface area contributed by atoms with Gasteiger partial charge in [-0.15, -0.1) is 11.3 Å². The smallest absolute Gasteiger partial charge is 0.173 e. The van der Waals surface area contributed by atoms with Crippen molar-refractivity contribution in [1.29, 1.82) is 0 Å². The summed E-state index contributed by atoms with van der Waals surface area (Å²) in [4.78, 5) is 1.36. The molecule has 0 saturated carbocycles. The van der Waals surface area contributed by atoms with E-state index < -0.39 is 0 Å². The first-order chi connectivity index (χ1) is 8.20. The van der Waals surface area contributed by atoms with Crippen molar-refractivity contribution in [1.82, 2.24) is 5.32 Å². The molecule has 0 aliphatic carbocycles. The average molecular weight is 379 g/mol. The minimum absolute atomic E-state index is 0.290. The number of rotatable bonds is 5. The maximum atomic E-state index is 5.31. The Morgan fingerprint density at radius 1 is 1.35 bits per heavy atom. The first-order valence-corrected chi connectivity index (χ1v) is 7.81. The summed E-state index contributed by atoms with van der Waals surface area (Å²) in [5, 5.41) is 3.48. The predicted molar refractivity (Wildman–Crippen MR) is 78.5 cm³/mol. The minimum Gasteiger partial charge on any atom is -0.457 e. The Labute approximate surface area is 122 Å². The van der Waals surface area contributed by atoms with Crippen LogP contribution in [-0.4, -0.2) is 6.54 Å². The molecular formula is C12H13Br2NOS. The third kappa shape index (κ3) is 3.44. The van der Waals surface area contributed by atoms with E-state index in [2.05, 4.69) is 56.2 Å². The van der Waals surface area contributed by atoms with Crippen molar-refractivity contribution in [2.75, 3.05) is 6.54 Å². The maximum Gasteiger partial charge on any atom is 0.173 e. The Bertz CT molecular complexity index is 480. The van der Waals surface area contributed by atoms with Gasteiger partial charge in [-0.05, 0) is 56.6 Å². The first kappa shape index (κ1) is 13.3. The second kappa shape index (κ2) is 6.18. The highest BCUT2D eigenvalue weighted by molar-refractivity contribution is 9.11. The van der Waals surface area contributed by atoms with Gasteiger partial charge in [0.15, 0.2) is 4.67 Å². The van der Waals surface area contributed by atoms with E-state index in [4.69, 9.17) is 4.42 Å². The Morgan fingerprint density at radius 2 is 2.18 bits per heavy atom. The summed E-state index contributed by atoms with van der Waals surface area (Å²) in [6.45, 7) is 3.06. The third-order valence-electron chi connectivity index (χ3n) is 2.51. The van der Waals surface area contributed by atoms with E-state index >= 15 is 0 Å². The van der Waals surface area contributed by atoms with Crippen LogP contribution >= 0.6 is 43.2 Å². The molecule has 1 N–H and O–H groups in total. The molecule has 1 unspecified atom stereocenters. The standard InChI is InChI=1S/C12H13Br2NOS/c1-2-15-10(9-5-6-16-12(9)14)7-8-3-4-11(13)17-8/h3-6,10,15H,2,7H2,1H3. The lowest BCUT2D eigenvalue weighted by Crippen LogP contribution is -2.22. The lowest BCUT2D eigenvalue weighted by molar-refractivity contribution is 0.508. The summed E-state index contributed by atoms with van der Waals surface area (Å²) in [6.07, 6.45) is 2.69. The molecule has 0 radical (unpaired) electrons. The van der Waals surface area contributed by atoms with Crippen molar-refractivity contribution in [3.05, 3.63) is 43.4 Å². The molecule has 92 valence electrons. The van der Waals surface area contributed by atoms with Crippen LogP contribution in [0.3, 0.4) is 0 Å². The lowest BCUT2D eigenvalue weighted by atomic mass is 10.1. The second-order valence-electron chi connectivity index (χ2n) is 3.67. The molecular weight excluding hydrogens is 366 g/mol. The highest BCUT2D eigenvalue weighted by atomic mass is 79.9. The van der Waals surface area contributed by atoms with Crippen LogP contribution in [0, 0.1) is 0 Å². The fourth-order valence-electron chi connectivity index (χ4n) is 1.75. The predicted octanol–water partition coefficient (Wildman–Crippen LogP) is 4.76. The molecule has 1 atom stereocenters. The van der Waals surface area contributed by atoms with Crippen molar-refractivity contribution >= 4 is 43.2 Å². The molecule has 0 saturated heterocycles. The van der Waals surface area contributed by atoms with Crippen LogP contribution in [-0.2, 0) is 6.42 Å². The Morgan fingerprint density at radius 3 is 2.71 bits per heavy atom. The molecule has 17 heavy (non-hydrogen) atoms. The van der Waals surface area contributed by atoms with Crippen LogP contribution < -0.4 is 5.32 Å². The van der Waals surface area contributed by atoms with E-state index in [1.165, 1.54) is 14.2 Å². The van der Waals surface area contributed by atoms with Crippen LogP contribution in [0.1, 0.15) is 23.4 Å². The molecule has 0 bridgehead atoms. The Kier molecular flexibility index (Phi) is 4.85. The topological polar surface area (TPSA) is 25.2 Å². The van der Waals surface area contributed by atoms with Crippen LogP contribution in [0.25, 0.3) is 0 Å². The van der Waals surface area contributed by atoms with Gasteiger partial charge in [0.2, 0.25) is 0 Å². The fraction of sp³-hybridized carbons (Fsp3) is 0.333. The molecule has 0 aromatic carbocycles. The Balaban J connectivity index is 2.15. The van der Waals surface area contributed by atoms with Gasteiger partial charge < -0.3 is 9.73 Å². The second-order valence-corrected chi connectivity index (χ2v) is 6.94. The van der Waals surface area contributed by atoms with Crippen molar-refractivity contribution in [2.45, 2.75) is 19.4 Å². The molecule has 2 aromatic rings. The SMILES string of the molecule is CCNC(Cc1ccc(Br)s1)c1ccoc1Br. The van der Waals surface area contributed by atoms with Crippen LogP contribution in [0.5, 0.6) is 0 Å². The van der Waals surface area contributed by atoms with Crippen molar-refractivity contribution in [3.8, 4) is 0 Å². The normalized spacial score (nSPS) is 12.9. The lowest BCUT2D eigenvalue weighted by Gasteiger charge is -2.15. The number of thiophene rings is 1. The highest BCUT2D eigenvalue weighted by Crippen LogP contribution is 2.30. The summed E-state index contributed by atoms with van der Waals surface area (Å²) < 4.78 is 7.30. The van der Waals surface area contributed by atoms with E-state index in [1.54, 1.807) is 17.6 Å². The molecule has 5 heteroatoms. The number of nitrogens with one attached hydrogen (secondary N) is 1. The van der Waals surface area contributed by atoms with Crippen LogP contribution in [0.4, 0.5) is 0 Å². The quantitative estimate of drug-likeness (QED) is 0.811. The van der Waals surface area contributed by atoms with E-state index in [0.717, 1.165) is 17.6 Å². The highest BCUT2D eigenvalue weighted by Gasteiger charge is 2.17. The first-order valence-electron chi connectivity index (χ1n) is 5.41. The third-order valence-corrected chi connectivity index (χ3v) is 4.80. The maximum absolute atomic E-state index is 5.31. The molecule has 0 amide bonds. The molecule has 0 spiro atoms. The van der Waals surface area contributed by atoms with Crippen LogP contribution in [0.2, 0.25) is 0 Å². The zero-order valence-electron chi connectivity index (χ0n) is 9.37. The Hall–Kier alpha value is -0.100. The average Bonchev–Trinajstić information content (AvgIpc) is 2.87. The van der Waals surface area contributed by atoms with Crippen molar-refractivity contribution < 1.29 is 4.42 Å². The summed E-state index contributed by atoms with van der Waals surface area (Å²) in [5.41, 5.74) is 1.18. The summed E-state index contributed by atoms with van der Waals surface area (Å²) in [6, 6.07) is 6.55. The molecule has 0 aliphatic rings. The van der Waals surface area contributed by atoms with Gasteiger partial charge in [-0.2, -0.15) is 0 Å². The minimum atomic E-state index is 0.290. The molecule has 2 nitrogen and oxygen atoms in total. The molecule has 2 heterocycles. The van der Waals surface area contributed by atoms with Gasteiger partial charge in [0.05, 0.1) is 10.0 Å². The molecule has 0 fully saturated rings. The zero-order chi connectivity index (χ0) is 12.3. The monoisotopic (exact) mass is 377 g/mol. The van der Waals surface area contributed by atoms with Gasteiger partial charge in [-0.1, -0.05) is 6.92 Å². The van der Waals surface area contributed by atoms with E-state index in [1.807, 2.05) is 6.07 Å². The summed E-state index contributed by atoms with van der Waals surface area (Å²) in [7, 11) is 0. The van der Waals surface area contributed by atoms with Gasteiger partial charge >= 0.3 is 0 Å². The van der Waals surface area contributed by atoms with E-state index in [9.17, 15) is 0 Å². The van der Waals surface area contributed by atoms with Gasteiger partial charge in [0, 0.05) is 22.9 Å². The van der Waals surface area contributed by atoms with Gasteiger partial charge in [0.25, 0.3) is 0 Å². The number of furan rings is 1. The van der Waals surface area contributed by atoms with Crippen molar-refractivity contribution in [3.63, 3.8) is 0 Å². The van der Waals surface area contributed by atoms with Gasteiger partial charge in [-0.25, -0.2) is 0 Å². The fourth-order valence-corrected chi connectivity index (χ4v) is 3.80. The number of hydrogen-bond donors (Lipinski definition) is 1. The summed E-state index contributed by atoms with van der Waals surface area (Å²) >= 11 is 8.71. The molecule has 2 aromatic heterocycles. The number of hydrogen-bond acceptors (Lipinski definition) is 3. The van der Waals surface area contributed by atoms with E-state index in [-0.39, 0.29) is 0 Å². The van der Waals surface area contributed by atoms with Gasteiger partial charge in [0.1, 0.15) is 0 Å². The molecule has 0 aliphatic heterocycles. The van der Waals surface area contributed by atoms with Crippen molar-refractivity contribution in [2.24, 2.45) is 0 Å². The molecule has 2 rings (SSSR count). The van der Waals surface area contributed by atoms with Crippen LogP contribution in [0.15, 0.2) is 37.3 Å². The zero-order valence-corrected chi connectivity index (χ0v) is 13.4. The number of likely N-dealkylation sites (N-methyl/N-ethyl adjacent to an activating group) is 1.